The molecule has 6 heteroatoms. The van der Waals surface area contributed by atoms with Crippen LogP contribution in [0.5, 0.6) is 0 Å². The zero-order valence-corrected chi connectivity index (χ0v) is 11.8. The van der Waals surface area contributed by atoms with Gasteiger partial charge in [0.05, 0.1) is 29.5 Å². The van der Waals surface area contributed by atoms with Crippen molar-refractivity contribution in [1.82, 2.24) is 0 Å². The highest BCUT2D eigenvalue weighted by Gasteiger charge is 2.42. The van der Waals surface area contributed by atoms with Crippen molar-refractivity contribution in [2.24, 2.45) is 0 Å². The van der Waals surface area contributed by atoms with Crippen LogP contribution < -0.4 is 4.90 Å². The van der Waals surface area contributed by atoms with Crippen LogP contribution in [0.4, 0.5) is 14.5 Å². The van der Waals surface area contributed by atoms with Crippen LogP contribution in [-0.2, 0) is 9.53 Å². The number of carbonyl (C=O) groups is 2. The van der Waals surface area contributed by atoms with Gasteiger partial charge in [-0.25, -0.2) is 8.78 Å². The van der Waals surface area contributed by atoms with Crippen molar-refractivity contribution in [3.63, 3.8) is 0 Å². The Morgan fingerprint density at radius 1 is 1.33 bits per heavy atom. The summed E-state index contributed by atoms with van der Waals surface area (Å²) < 4.78 is 32.9. The summed E-state index contributed by atoms with van der Waals surface area (Å²) in [6, 6.07) is 1.63. The number of ketones is 1. The Hall–Kier alpha value is -1.82. The minimum Gasteiger partial charge on any atom is -0.370 e. The molecule has 4 nitrogen and oxygen atoms in total. The molecule has 1 fully saturated rings. The zero-order valence-electron chi connectivity index (χ0n) is 11.8. The number of anilines is 1. The van der Waals surface area contributed by atoms with Crippen molar-refractivity contribution in [3.05, 3.63) is 29.3 Å². The lowest BCUT2D eigenvalue weighted by molar-refractivity contribution is -0.114. The zero-order chi connectivity index (χ0) is 15.4. The maximum absolute atomic E-state index is 13.7. The van der Waals surface area contributed by atoms with E-state index in [9.17, 15) is 18.4 Å². The molecule has 1 amide bonds. The number of hydrogen-bond acceptors (Lipinski definition) is 3. The quantitative estimate of drug-likeness (QED) is 0.787. The molecule has 2 heterocycles. The number of fused-ring (bicyclic) bond motifs is 1. The monoisotopic (exact) mass is 295 g/mol. The number of nitrogens with zero attached hydrogens (tertiary/aromatic N) is 1. The van der Waals surface area contributed by atoms with E-state index in [1.165, 1.54) is 0 Å². The molecule has 1 saturated heterocycles. The Labute approximate surface area is 120 Å². The molecular formula is C15H15F2NO3. The molecule has 2 aliphatic heterocycles. The van der Waals surface area contributed by atoms with Gasteiger partial charge in [-0.3, -0.25) is 9.59 Å². The molecule has 1 aromatic carbocycles. The predicted octanol–water partition coefficient (Wildman–Crippen LogP) is 2.45. The van der Waals surface area contributed by atoms with Crippen molar-refractivity contribution in [1.29, 1.82) is 0 Å². The van der Waals surface area contributed by atoms with E-state index in [2.05, 4.69) is 0 Å². The number of halogens is 2. The molecule has 0 radical (unpaired) electrons. The first-order chi connectivity index (χ1) is 9.78. The van der Waals surface area contributed by atoms with Crippen molar-refractivity contribution in [2.75, 3.05) is 11.4 Å². The first kappa shape index (κ1) is 14.1. The van der Waals surface area contributed by atoms with Gasteiger partial charge in [-0.2, -0.15) is 0 Å². The van der Waals surface area contributed by atoms with Gasteiger partial charge >= 0.3 is 0 Å². The highest BCUT2D eigenvalue weighted by Crippen LogP contribution is 2.35. The van der Waals surface area contributed by atoms with E-state index in [0.717, 1.165) is 23.8 Å². The number of carbonyl (C=O) groups excluding carboxylic acids is 2. The van der Waals surface area contributed by atoms with Gasteiger partial charge in [0.1, 0.15) is 11.6 Å². The van der Waals surface area contributed by atoms with Gasteiger partial charge in [0.15, 0.2) is 0 Å². The van der Waals surface area contributed by atoms with Gasteiger partial charge < -0.3 is 9.64 Å². The van der Waals surface area contributed by atoms with Crippen molar-refractivity contribution in [2.45, 2.75) is 38.4 Å². The molecular weight excluding hydrogens is 280 g/mol. The van der Waals surface area contributed by atoms with Crippen LogP contribution in [0.2, 0.25) is 0 Å². The molecule has 3 rings (SSSR count). The number of Topliss-reactive ketones (excluding diaryl/α,β-unsaturated/α-hetero) is 1. The second kappa shape index (κ2) is 4.59. The van der Waals surface area contributed by atoms with Crippen LogP contribution in [0, 0.1) is 11.6 Å². The first-order valence-electron chi connectivity index (χ1n) is 6.81. The van der Waals surface area contributed by atoms with Gasteiger partial charge in [0, 0.05) is 6.07 Å². The molecule has 0 spiro atoms. The van der Waals surface area contributed by atoms with Crippen molar-refractivity contribution >= 4 is 17.4 Å². The number of hydrogen-bond donors (Lipinski definition) is 0. The van der Waals surface area contributed by atoms with Crippen molar-refractivity contribution < 1.29 is 23.1 Å². The molecule has 0 N–H and O–H groups in total. The summed E-state index contributed by atoms with van der Waals surface area (Å²) >= 11 is 0. The standard InChI is InChI=1S/C15H15F2NO3/c1-15(2)4-3-9(21-15)7-18-11-6-8(16)5-10(17)12(11)13(19)14(18)20/h5-6,9H,3-4,7H2,1-2H3. The van der Waals surface area contributed by atoms with Crippen LogP contribution in [0.1, 0.15) is 37.0 Å². The molecule has 2 aliphatic rings. The number of rotatable bonds is 2. The maximum atomic E-state index is 13.7. The summed E-state index contributed by atoms with van der Waals surface area (Å²) in [5, 5.41) is 0. The Balaban J connectivity index is 1.91. The van der Waals surface area contributed by atoms with Gasteiger partial charge in [-0.1, -0.05) is 0 Å². The fraction of sp³-hybridized carbons (Fsp3) is 0.467. The highest BCUT2D eigenvalue weighted by atomic mass is 19.1. The van der Waals surface area contributed by atoms with Crippen LogP contribution in [0.3, 0.4) is 0 Å². The van der Waals surface area contributed by atoms with Gasteiger partial charge in [0.25, 0.3) is 11.7 Å². The Morgan fingerprint density at radius 2 is 2.05 bits per heavy atom. The first-order valence-corrected chi connectivity index (χ1v) is 6.81. The largest absolute Gasteiger partial charge is 0.370 e. The molecule has 0 bridgehead atoms. The SMILES string of the molecule is CC1(C)CCC(CN2C(=O)C(=O)c3c(F)cc(F)cc32)O1. The van der Waals surface area contributed by atoms with E-state index in [1.807, 2.05) is 13.8 Å². The summed E-state index contributed by atoms with van der Waals surface area (Å²) in [4.78, 5) is 25.0. The maximum Gasteiger partial charge on any atom is 0.299 e. The number of amides is 1. The highest BCUT2D eigenvalue weighted by molar-refractivity contribution is 6.52. The molecule has 1 atom stereocenters. The molecule has 0 saturated carbocycles. The Kier molecular flexibility index (Phi) is 3.09. The lowest BCUT2D eigenvalue weighted by Crippen LogP contribution is -2.37. The van der Waals surface area contributed by atoms with E-state index >= 15 is 0 Å². The summed E-state index contributed by atoms with van der Waals surface area (Å²) in [6.07, 6.45) is 1.32. The minimum absolute atomic E-state index is 0.00388. The molecule has 0 aromatic heterocycles. The normalized spacial score (nSPS) is 23.8. The summed E-state index contributed by atoms with van der Waals surface area (Å²) in [7, 11) is 0. The van der Waals surface area contributed by atoms with Crippen LogP contribution in [0.25, 0.3) is 0 Å². The summed E-state index contributed by atoms with van der Waals surface area (Å²) in [5.41, 5.74) is -0.637. The number of ether oxygens (including phenoxy) is 1. The van der Waals surface area contributed by atoms with E-state index in [-0.39, 0.29) is 29.5 Å². The molecule has 0 aliphatic carbocycles. The molecule has 1 unspecified atom stereocenters. The molecule has 21 heavy (non-hydrogen) atoms. The summed E-state index contributed by atoms with van der Waals surface area (Å²) in [6.45, 7) is 4.01. The lowest BCUT2D eigenvalue weighted by Gasteiger charge is -2.23. The second-order valence-corrected chi connectivity index (χ2v) is 6.06. The van der Waals surface area contributed by atoms with E-state index < -0.39 is 23.3 Å². The molecule has 1 aromatic rings. The van der Waals surface area contributed by atoms with E-state index in [4.69, 9.17) is 4.74 Å². The van der Waals surface area contributed by atoms with E-state index in [0.29, 0.717) is 6.07 Å². The third-order valence-electron chi connectivity index (χ3n) is 3.93. The second-order valence-electron chi connectivity index (χ2n) is 6.06. The van der Waals surface area contributed by atoms with Crippen LogP contribution >= 0.6 is 0 Å². The smallest absolute Gasteiger partial charge is 0.299 e. The molecule has 112 valence electrons. The van der Waals surface area contributed by atoms with Gasteiger partial charge in [-0.15, -0.1) is 0 Å². The lowest BCUT2D eigenvalue weighted by atomic mass is 10.1. The minimum atomic E-state index is -1.00. The fourth-order valence-electron chi connectivity index (χ4n) is 2.93. The van der Waals surface area contributed by atoms with Gasteiger partial charge in [0.2, 0.25) is 0 Å². The Morgan fingerprint density at radius 3 is 2.67 bits per heavy atom. The fourth-order valence-corrected chi connectivity index (χ4v) is 2.93. The predicted molar refractivity (Wildman–Crippen MR) is 71.2 cm³/mol. The summed E-state index contributed by atoms with van der Waals surface area (Å²) in [5.74, 6) is -3.58. The third kappa shape index (κ3) is 2.33. The van der Waals surface area contributed by atoms with Gasteiger partial charge in [-0.05, 0) is 32.8 Å². The average molecular weight is 295 g/mol. The number of benzene rings is 1. The van der Waals surface area contributed by atoms with E-state index in [1.54, 1.807) is 0 Å². The average Bonchev–Trinajstić information content (AvgIpc) is 2.82. The third-order valence-corrected chi connectivity index (χ3v) is 3.93. The Bertz CT molecular complexity index is 642. The van der Waals surface area contributed by atoms with Crippen molar-refractivity contribution in [3.8, 4) is 0 Å². The topological polar surface area (TPSA) is 46.6 Å². The van der Waals surface area contributed by atoms with Crippen LogP contribution in [-0.4, -0.2) is 29.9 Å². The van der Waals surface area contributed by atoms with Crippen LogP contribution in [0.15, 0.2) is 12.1 Å².